The minimum absolute atomic E-state index is 0.0884. The minimum Gasteiger partial charge on any atom is -0.487 e. The molecule has 7 heteroatoms. The fraction of sp³-hybridized carbons (Fsp3) is 0.455. The molecule has 0 unspecified atom stereocenters. The largest absolute Gasteiger partial charge is 0.487 e. The van der Waals surface area contributed by atoms with Gasteiger partial charge in [-0.2, -0.15) is 13.2 Å². The van der Waals surface area contributed by atoms with E-state index in [2.05, 4.69) is 0 Å². The van der Waals surface area contributed by atoms with E-state index in [1.54, 1.807) is 0 Å². The van der Waals surface area contributed by atoms with E-state index < -0.39 is 18.0 Å². The highest BCUT2D eigenvalue weighted by atomic mass is 35.5. The molecule has 100 valence electrons. The zero-order valence-electron chi connectivity index (χ0n) is 9.17. The van der Waals surface area contributed by atoms with Gasteiger partial charge in [-0.25, -0.2) is 0 Å². The molecule has 1 aliphatic rings. The first-order valence-corrected chi connectivity index (χ1v) is 5.57. The van der Waals surface area contributed by atoms with Gasteiger partial charge < -0.3 is 14.2 Å². The van der Waals surface area contributed by atoms with Crippen LogP contribution in [0.1, 0.15) is 5.56 Å². The summed E-state index contributed by atoms with van der Waals surface area (Å²) in [5.41, 5.74) is -0.812. The predicted octanol–water partition coefficient (Wildman–Crippen LogP) is 3.11. The third-order valence-electron chi connectivity index (χ3n) is 2.32. The molecule has 0 bridgehead atoms. The summed E-state index contributed by atoms with van der Waals surface area (Å²) in [7, 11) is 0. The van der Waals surface area contributed by atoms with Gasteiger partial charge in [-0.15, -0.1) is 0 Å². The Kier molecular flexibility index (Phi) is 3.99. The van der Waals surface area contributed by atoms with Gasteiger partial charge in [0.05, 0.1) is 23.8 Å². The van der Waals surface area contributed by atoms with Crippen molar-refractivity contribution in [2.24, 2.45) is 0 Å². The Morgan fingerprint density at radius 3 is 2.50 bits per heavy atom. The smallest absolute Gasteiger partial charge is 0.416 e. The van der Waals surface area contributed by atoms with Crippen LogP contribution in [0.3, 0.4) is 0 Å². The van der Waals surface area contributed by atoms with Crippen molar-refractivity contribution < 1.29 is 27.4 Å². The average molecular weight is 283 g/mol. The van der Waals surface area contributed by atoms with E-state index >= 15 is 0 Å². The van der Waals surface area contributed by atoms with Crippen molar-refractivity contribution in [3.05, 3.63) is 28.8 Å². The topological polar surface area (TPSA) is 27.7 Å². The lowest BCUT2D eigenvalue weighted by molar-refractivity contribution is -0.137. The van der Waals surface area contributed by atoms with Gasteiger partial charge in [0.25, 0.3) is 0 Å². The van der Waals surface area contributed by atoms with Gasteiger partial charge in [0.15, 0.2) is 6.29 Å². The Morgan fingerprint density at radius 1 is 1.28 bits per heavy atom. The number of ether oxygens (including phenoxy) is 3. The minimum atomic E-state index is -4.42. The number of alkyl halides is 3. The van der Waals surface area contributed by atoms with Crippen LogP contribution >= 0.6 is 11.6 Å². The quantitative estimate of drug-likeness (QED) is 0.852. The lowest BCUT2D eigenvalue weighted by atomic mass is 10.2. The molecule has 0 N–H and O–H groups in total. The van der Waals surface area contributed by atoms with Gasteiger partial charge >= 0.3 is 6.18 Å². The van der Waals surface area contributed by atoms with E-state index in [-0.39, 0.29) is 17.4 Å². The van der Waals surface area contributed by atoms with Gasteiger partial charge in [0.2, 0.25) is 0 Å². The van der Waals surface area contributed by atoms with Crippen molar-refractivity contribution >= 4 is 11.6 Å². The summed E-state index contributed by atoms with van der Waals surface area (Å²) in [5.74, 6) is 0.170. The molecule has 1 aromatic rings. The maximum absolute atomic E-state index is 12.4. The predicted molar refractivity (Wildman–Crippen MR) is 57.6 cm³/mol. The van der Waals surface area contributed by atoms with Crippen LogP contribution in [0.25, 0.3) is 0 Å². The molecule has 2 rings (SSSR count). The van der Waals surface area contributed by atoms with Crippen LogP contribution in [0.15, 0.2) is 18.2 Å². The maximum atomic E-state index is 12.4. The van der Waals surface area contributed by atoms with Crippen LogP contribution in [0.2, 0.25) is 5.02 Å². The number of hydrogen-bond donors (Lipinski definition) is 0. The maximum Gasteiger partial charge on any atom is 0.416 e. The molecule has 18 heavy (non-hydrogen) atoms. The average Bonchev–Trinajstić information content (AvgIpc) is 2.79. The lowest BCUT2D eigenvalue weighted by Gasteiger charge is -2.13. The molecule has 1 heterocycles. The number of benzene rings is 1. The Balaban J connectivity index is 2.01. The fourth-order valence-corrected chi connectivity index (χ4v) is 1.69. The second-order valence-corrected chi connectivity index (χ2v) is 4.03. The molecular formula is C11H10ClF3O3. The summed E-state index contributed by atoms with van der Waals surface area (Å²) in [6.07, 6.45) is -4.91. The molecule has 0 aromatic heterocycles. The summed E-state index contributed by atoms with van der Waals surface area (Å²) in [5, 5.41) is -0.0946. The van der Waals surface area contributed by atoms with Crippen molar-refractivity contribution in [2.75, 3.05) is 19.8 Å². The molecule has 0 amide bonds. The third kappa shape index (κ3) is 3.28. The van der Waals surface area contributed by atoms with Crippen LogP contribution in [-0.2, 0) is 15.7 Å². The van der Waals surface area contributed by atoms with Crippen molar-refractivity contribution in [3.8, 4) is 5.75 Å². The first-order chi connectivity index (χ1) is 8.47. The molecule has 1 saturated heterocycles. The zero-order valence-corrected chi connectivity index (χ0v) is 9.92. The highest BCUT2D eigenvalue weighted by Gasteiger charge is 2.31. The SMILES string of the molecule is FC(F)(F)c1ccc(OCC2OCCO2)c(Cl)c1. The molecule has 3 nitrogen and oxygen atoms in total. The molecule has 0 spiro atoms. The Morgan fingerprint density at radius 2 is 1.94 bits per heavy atom. The Hall–Kier alpha value is -0.980. The van der Waals surface area contributed by atoms with E-state index in [0.29, 0.717) is 13.2 Å². The molecule has 0 atom stereocenters. The van der Waals surface area contributed by atoms with Gasteiger partial charge in [-0.1, -0.05) is 11.6 Å². The fourth-order valence-electron chi connectivity index (χ4n) is 1.46. The normalized spacial score (nSPS) is 17.1. The third-order valence-corrected chi connectivity index (χ3v) is 2.62. The standard InChI is InChI=1S/C11H10ClF3O3/c12-8-5-7(11(13,14)15)1-2-9(8)18-6-10-16-3-4-17-10/h1-2,5,10H,3-4,6H2. The van der Waals surface area contributed by atoms with Crippen molar-refractivity contribution in [1.82, 2.24) is 0 Å². The second-order valence-electron chi connectivity index (χ2n) is 3.63. The van der Waals surface area contributed by atoms with Crippen molar-refractivity contribution in [1.29, 1.82) is 0 Å². The van der Waals surface area contributed by atoms with E-state index in [9.17, 15) is 13.2 Å². The molecule has 0 aliphatic carbocycles. The van der Waals surface area contributed by atoms with E-state index in [1.165, 1.54) is 6.07 Å². The van der Waals surface area contributed by atoms with Crippen LogP contribution < -0.4 is 4.74 Å². The van der Waals surface area contributed by atoms with E-state index in [1.807, 2.05) is 0 Å². The molecular weight excluding hydrogens is 273 g/mol. The van der Waals surface area contributed by atoms with Crippen molar-refractivity contribution in [2.45, 2.75) is 12.5 Å². The summed E-state index contributed by atoms with van der Waals surface area (Å²) in [6.45, 7) is 1.05. The summed E-state index contributed by atoms with van der Waals surface area (Å²) < 4.78 is 52.7. The zero-order chi connectivity index (χ0) is 13.2. The summed E-state index contributed by atoms with van der Waals surface area (Å²) >= 11 is 5.71. The molecule has 1 aromatic carbocycles. The van der Waals surface area contributed by atoms with Gasteiger partial charge in [0, 0.05) is 0 Å². The van der Waals surface area contributed by atoms with Gasteiger partial charge in [-0.3, -0.25) is 0 Å². The highest BCUT2D eigenvalue weighted by molar-refractivity contribution is 6.32. The molecule has 0 saturated carbocycles. The Bertz CT molecular complexity index is 416. The highest BCUT2D eigenvalue weighted by Crippen LogP contribution is 2.34. The van der Waals surface area contributed by atoms with Crippen LogP contribution in [0.4, 0.5) is 13.2 Å². The Labute approximate surface area is 106 Å². The van der Waals surface area contributed by atoms with E-state index in [0.717, 1.165) is 12.1 Å². The van der Waals surface area contributed by atoms with Crippen LogP contribution in [-0.4, -0.2) is 26.1 Å². The summed E-state index contributed by atoms with van der Waals surface area (Å²) in [4.78, 5) is 0. The molecule has 0 radical (unpaired) electrons. The van der Waals surface area contributed by atoms with Gasteiger partial charge in [0.1, 0.15) is 12.4 Å². The first-order valence-electron chi connectivity index (χ1n) is 5.19. The molecule has 1 fully saturated rings. The van der Waals surface area contributed by atoms with Crippen molar-refractivity contribution in [3.63, 3.8) is 0 Å². The van der Waals surface area contributed by atoms with Crippen LogP contribution in [0.5, 0.6) is 5.75 Å². The van der Waals surface area contributed by atoms with Crippen LogP contribution in [0, 0.1) is 0 Å². The van der Waals surface area contributed by atoms with E-state index in [4.69, 9.17) is 25.8 Å². The lowest BCUT2D eigenvalue weighted by Crippen LogP contribution is -2.18. The summed E-state index contributed by atoms with van der Waals surface area (Å²) in [6, 6.07) is 2.92. The number of hydrogen-bond acceptors (Lipinski definition) is 3. The molecule has 1 aliphatic heterocycles. The van der Waals surface area contributed by atoms with Gasteiger partial charge in [-0.05, 0) is 18.2 Å². The number of halogens is 4. The first kappa shape index (κ1) is 13.5. The monoisotopic (exact) mass is 282 g/mol. The second kappa shape index (κ2) is 5.34. The number of rotatable bonds is 3.